The second kappa shape index (κ2) is 7.41. The van der Waals surface area contributed by atoms with Gasteiger partial charge in [-0.05, 0) is 49.8 Å². The summed E-state index contributed by atoms with van der Waals surface area (Å²) >= 11 is 0. The number of rotatable bonds is 4. The number of piperidine rings is 1. The highest BCUT2D eigenvalue weighted by molar-refractivity contribution is 7.88. The van der Waals surface area contributed by atoms with Gasteiger partial charge in [0.25, 0.3) is 0 Å². The smallest absolute Gasteiger partial charge is 0.226 e. The monoisotopic (exact) mass is 368 g/mol. The maximum Gasteiger partial charge on any atom is 0.226 e. The van der Waals surface area contributed by atoms with Crippen LogP contribution < -0.4 is 0 Å². The normalized spacial score (nSPS) is 23.1. The molecule has 1 aromatic rings. The van der Waals surface area contributed by atoms with Crippen LogP contribution in [0.2, 0.25) is 0 Å². The summed E-state index contributed by atoms with van der Waals surface area (Å²) in [5, 5.41) is 0. The van der Waals surface area contributed by atoms with Crippen LogP contribution in [-0.4, -0.2) is 55.5 Å². The molecule has 0 aliphatic carbocycles. The molecule has 7 heteroatoms. The van der Waals surface area contributed by atoms with Crippen molar-refractivity contribution >= 4 is 15.9 Å². The average molecular weight is 368 g/mol. The summed E-state index contributed by atoms with van der Waals surface area (Å²) < 4.78 is 37.7. The Hall–Kier alpha value is -1.47. The van der Waals surface area contributed by atoms with Crippen molar-refractivity contribution in [2.75, 3.05) is 25.9 Å². The number of hydrogen-bond acceptors (Lipinski definition) is 3. The third-order valence-corrected chi connectivity index (χ3v) is 6.62. The molecule has 2 heterocycles. The molecular weight excluding hydrogens is 343 g/mol. The van der Waals surface area contributed by atoms with E-state index in [2.05, 4.69) is 0 Å². The molecule has 0 aromatic heterocycles. The van der Waals surface area contributed by atoms with Gasteiger partial charge in [-0.15, -0.1) is 0 Å². The number of amides is 1. The van der Waals surface area contributed by atoms with E-state index < -0.39 is 10.0 Å². The predicted octanol–water partition coefficient (Wildman–Crippen LogP) is 2.03. The van der Waals surface area contributed by atoms with Gasteiger partial charge in [-0.1, -0.05) is 12.1 Å². The lowest BCUT2D eigenvalue weighted by Gasteiger charge is -2.34. The highest BCUT2D eigenvalue weighted by Crippen LogP contribution is 2.27. The number of sulfonamides is 1. The van der Waals surface area contributed by atoms with E-state index in [1.807, 2.05) is 4.90 Å². The molecule has 1 aromatic carbocycles. The Kier molecular flexibility index (Phi) is 5.43. The number of benzene rings is 1. The molecule has 0 saturated carbocycles. The molecule has 2 aliphatic rings. The fourth-order valence-electron chi connectivity index (χ4n) is 3.90. The van der Waals surface area contributed by atoms with Gasteiger partial charge in [0.05, 0.1) is 6.26 Å². The van der Waals surface area contributed by atoms with E-state index in [0.29, 0.717) is 25.9 Å². The van der Waals surface area contributed by atoms with Gasteiger partial charge in [0, 0.05) is 31.6 Å². The standard InChI is InChI=1S/C18H25FN2O3S/c1-25(23,24)20-11-8-15(9-12-20)18(22)21-10-2-3-17(21)13-14-4-6-16(19)7-5-14/h4-7,15,17H,2-3,8-13H2,1H3. The maximum absolute atomic E-state index is 13.1. The molecule has 3 rings (SSSR count). The lowest BCUT2D eigenvalue weighted by Crippen LogP contribution is -2.46. The molecule has 2 saturated heterocycles. The lowest BCUT2D eigenvalue weighted by atomic mass is 9.95. The van der Waals surface area contributed by atoms with E-state index in [4.69, 9.17) is 0 Å². The minimum absolute atomic E-state index is 0.0909. The quantitative estimate of drug-likeness (QED) is 0.817. The Bertz CT molecular complexity index is 712. The van der Waals surface area contributed by atoms with Crippen LogP contribution in [0.25, 0.3) is 0 Å². The molecule has 2 aliphatic heterocycles. The third kappa shape index (κ3) is 4.39. The lowest BCUT2D eigenvalue weighted by molar-refractivity contribution is -0.137. The minimum Gasteiger partial charge on any atom is -0.339 e. The Morgan fingerprint density at radius 2 is 1.76 bits per heavy atom. The van der Waals surface area contributed by atoms with Crippen molar-refractivity contribution in [3.05, 3.63) is 35.6 Å². The molecule has 0 N–H and O–H groups in total. The van der Waals surface area contributed by atoms with Gasteiger partial charge in [0.2, 0.25) is 15.9 Å². The Balaban J connectivity index is 1.60. The number of likely N-dealkylation sites (tertiary alicyclic amines) is 1. The molecule has 0 radical (unpaired) electrons. The zero-order valence-corrected chi connectivity index (χ0v) is 15.3. The van der Waals surface area contributed by atoms with Gasteiger partial charge >= 0.3 is 0 Å². The molecule has 0 bridgehead atoms. The molecule has 5 nitrogen and oxygen atoms in total. The van der Waals surface area contributed by atoms with Crippen molar-refractivity contribution in [3.63, 3.8) is 0 Å². The molecule has 25 heavy (non-hydrogen) atoms. The van der Waals surface area contributed by atoms with Crippen LogP contribution in [-0.2, 0) is 21.2 Å². The van der Waals surface area contributed by atoms with Gasteiger partial charge in [0.15, 0.2) is 0 Å². The first-order valence-electron chi connectivity index (χ1n) is 8.84. The summed E-state index contributed by atoms with van der Waals surface area (Å²) in [6.45, 7) is 1.61. The zero-order chi connectivity index (χ0) is 18.0. The molecule has 1 amide bonds. The van der Waals surface area contributed by atoms with Crippen molar-refractivity contribution < 1.29 is 17.6 Å². The molecule has 2 fully saturated rings. The van der Waals surface area contributed by atoms with Crippen LogP contribution in [0.5, 0.6) is 0 Å². The Morgan fingerprint density at radius 3 is 2.36 bits per heavy atom. The summed E-state index contributed by atoms with van der Waals surface area (Å²) in [7, 11) is -3.17. The van der Waals surface area contributed by atoms with Gasteiger partial charge < -0.3 is 4.90 Å². The van der Waals surface area contributed by atoms with Crippen LogP contribution in [0.15, 0.2) is 24.3 Å². The Morgan fingerprint density at radius 1 is 1.12 bits per heavy atom. The second-order valence-electron chi connectivity index (χ2n) is 7.09. The van der Waals surface area contributed by atoms with Crippen molar-refractivity contribution in [1.29, 1.82) is 0 Å². The molecule has 1 unspecified atom stereocenters. The van der Waals surface area contributed by atoms with Crippen molar-refractivity contribution in [1.82, 2.24) is 9.21 Å². The molecule has 138 valence electrons. The minimum atomic E-state index is -3.17. The van der Waals surface area contributed by atoms with Crippen LogP contribution in [0, 0.1) is 11.7 Å². The fraction of sp³-hybridized carbons (Fsp3) is 0.611. The van der Waals surface area contributed by atoms with Crippen LogP contribution in [0.3, 0.4) is 0 Å². The average Bonchev–Trinajstić information content (AvgIpc) is 3.04. The first-order valence-corrected chi connectivity index (χ1v) is 10.7. The van der Waals surface area contributed by atoms with E-state index in [1.165, 1.54) is 22.7 Å². The number of halogens is 1. The summed E-state index contributed by atoms with van der Waals surface area (Å²) in [6.07, 6.45) is 5.09. The van der Waals surface area contributed by atoms with Crippen LogP contribution in [0.1, 0.15) is 31.2 Å². The largest absolute Gasteiger partial charge is 0.339 e. The van der Waals surface area contributed by atoms with Gasteiger partial charge in [0.1, 0.15) is 5.82 Å². The number of carbonyl (C=O) groups is 1. The third-order valence-electron chi connectivity index (χ3n) is 5.32. The number of nitrogens with zero attached hydrogens (tertiary/aromatic N) is 2. The van der Waals surface area contributed by atoms with Crippen molar-refractivity contribution in [2.24, 2.45) is 5.92 Å². The van der Waals surface area contributed by atoms with Gasteiger partial charge in [-0.3, -0.25) is 4.79 Å². The molecule has 1 atom stereocenters. The summed E-state index contributed by atoms with van der Waals surface area (Å²) in [5.74, 6) is -0.190. The maximum atomic E-state index is 13.1. The topological polar surface area (TPSA) is 57.7 Å². The first kappa shape index (κ1) is 18.3. The van der Waals surface area contributed by atoms with Gasteiger partial charge in [-0.2, -0.15) is 0 Å². The molecular formula is C18H25FN2O3S. The van der Waals surface area contributed by atoms with Crippen molar-refractivity contribution in [2.45, 2.75) is 38.1 Å². The van der Waals surface area contributed by atoms with E-state index in [1.54, 1.807) is 12.1 Å². The predicted molar refractivity (Wildman–Crippen MR) is 94.0 cm³/mol. The number of hydrogen-bond donors (Lipinski definition) is 0. The summed E-state index contributed by atoms with van der Waals surface area (Å²) in [5.41, 5.74) is 1.04. The highest BCUT2D eigenvalue weighted by Gasteiger charge is 2.35. The highest BCUT2D eigenvalue weighted by atomic mass is 32.2. The van der Waals surface area contributed by atoms with Crippen LogP contribution in [0.4, 0.5) is 4.39 Å². The van der Waals surface area contributed by atoms with Crippen LogP contribution >= 0.6 is 0 Å². The summed E-state index contributed by atoms with van der Waals surface area (Å²) in [4.78, 5) is 14.9. The Labute approximate surface area is 148 Å². The fourth-order valence-corrected chi connectivity index (χ4v) is 4.77. The second-order valence-corrected chi connectivity index (χ2v) is 9.08. The van der Waals surface area contributed by atoms with E-state index in [0.717, 1.165) is 31.4 Å². The molecule has 0 spiro atoms. The van der Waals surface area contributed by atoms with E-state index >= 15 is 0 Å². The summed E-state index contributed by atoms with van der Waals surface area (Å²) in [6, 6.07) is 6.63. The van der Waals surface area contributed by atoms with Crippen molar-refractivity contribution in [3.8, 4) is 0 Å². The SMILES string of the molecule is CS(=O)(=O)N1CCC(C(=O)N2CCCC2Cc2ccc(F)cc2)CC1. The van der Waals surface area contributed by atoms with E-state index in [9.17, 15) is 17.6 Å². The number of carbonyl (C=O) groups excluding carboxylic acids is 1. The first-order chi connectivity index (χ1) is 11.8. The van der Waals surface area contributed by atoms with E-state index in [-0.39, 0.29) is 23.7 Å². The zero-order valence-electron chi connectivity index (χ0n) is 14.5. The van der Waals surface area contributed by atoms with Gasteiger partial charge in [-0.25, -0.2) is 17.1 Å².